The number of nitrogens with zero attached hydrogens (tertiary/aromatic N) is 2. The number of aromatic nitrogens is 2. The fraction of sp³-hybridized carbons (Fsp3) is 0.450. The molecule has 124 valence electrons. The first-order valence-corrected chi connectivity index (χ1v) is 9.10. The third-order valence-electron chi connectivity index (χ3n) is 4.02. The van der Waals surface area contributed by atoms with Crippen molar-refractivity contribution in [3.8, 4) is 0 Å². The van der Waals surface area contributed by atoms with Crippen molar-refractivity contribution in [2.75, 3.05) is 0 Å². The van der Waals surface area contributed by atoms with Gasteiger partial charge < -0.3 is 0 Å². The lowest BCUT2D eigenvalue weighted by molar-refractivity contribution is -0.696. The molecule has 1 aromatic carbocycles. The fourth-order valence-electron chi connectivity index (χ4n) is 2.61. The Kier molecular flexibility index (Phi) is 7.96. The first-order valence-electron chi connectivity index (χ1n) is 8.72. The summed E-state index contributed by atoms with van der Waals surface area (Å²) >= 11 is 5.89. The summed E-state index contributed by atoms with van der Waals surface area (Å²) in [4.78, 5) is 0. The van der Waals surface area contributed by atoms with Crippen molar-refractivity contribution in [2.45, 2.75) is 58.5 Å². The van der Waals surface area contributed by atoms with Crippen molar-refractivity contribution in [3.63, 3.8) is 0 Å². The molecule has 1 aromatic heterocycles. The van der Waals surface area contributed by atoms with Gasteiger partial charge in [0.1, 0.15) is 18.9 Å². The van der Waals surface area contributed by atoms with Gasteiger partial charge in [-0.25, -0.2) is 9.13 Å². The van der Waals surface area contributed by atoms with Gasteiger partial charge >= 0.3 is 0 Å². The van der Waals surface area contributed by atoms with Crippen molar-refractivity contribution in [2.24, 2.45) is 0 Å². The Labute approximate surface area is 145 Å². The van der Waals surface area contributed by atoms with Gasteiger partial charge in [0.15, 0.2) is 0 Å². The summed E-state index contributed by atoms with van der Waals surface area (Å²) in [5.74, 6) is 0. The Balaban J connectivity index is 1.67. The van der Waals surface area contributed by atoms with Crippen LogP contribution in [0.4, 0.5) is 0 Å². The van der Waals surface area contributed by atoms with E-state index in [-0.39, 0.29) is 0 Å². The van der Waals surface area contributed by atoms with Crippen molar-refractivity contribution in [1.29, 1.82) is 0 Å². The zero-order chi connectivity index (χ0) is 16.3. The molecule has 0 saturated heterocycles. The van der Waals surface area contributed by atoms with Gasteiger partial charge in [0.25, 0.3) is 0 Å². The molecule has 0 saturated carbocycles. The van der Waals surface area contributed by atoms with E-state index < -0.39 is 0 Å². The van der Waals surface area contributed by atoms with Gasteiger partial charge in [-0.1, -0.05) is 56.0 Å². The van der Waals surface area contributed by atoms with Crippen LogP contribution in [-0.4, -0.2) is 4.57 Å². The lowest BCUT2D eigenvalue weighted by Gasteiger charge is -1.97. The van der Waals surface area contributed by atoms with E-state index in [0.717, 1.165) is 24.5 Å². The molecular formula is C20H28ClN2+. The van der Waals surface area contributed by atoms with Gasteiger partial charge in [-0.3, -0.25) is 0 Å². The summed E-state index contributed by atoms with van der Waals surface area (Å²) in [5.41, 5.74) is 1.29. The van der Waals surface area contributed by atoms with Crippen molar-refractivity contribution in [3.05, 3.63) is 65.7 Å². The fourth-order valence-corrected chi connectivity index (χ4v) is 2.74. The third-order valence-corrected chi connectivity index (χ3v) is 4.27. The Bertz CT molecular complexity index is 584. The lowest BCUT2D eigenvalue weighted by Crippen LogP contribution is -2.30. The molecule has 0 unspecified atom stereocenters. The second-order valence-electron chi connectivity index (χ2n) is 6.06. The number of allylic oxidation sites excluding steroid dienone is 2. The van der Waals surface area contributed by atoms with E-state index >= 15 is 0 Å². The molecule has 0 atom stereocenters. The summed E-state index contributed by atoms with van der Waals surface area (Å²) in [6.45, 7) is 4.32. The molecule has 0 aliphatic heterocycles. The molecule has 0 fully saturated rings. The second-order valence-corrected chi connectivity index (χ2v) is 6.50. The van der Waals surface area contributed by atoms with Gasteiger partial charge in [0.05, 0.1) is 6.54 Å². The maximum atomic E-state index is 5.89. The molecule has 0 aliphatic rings. The van der Waals surface area contributed by atoms with Crippen LogP contribution in [0.1, 0.15) is 44.6 Å². The molecule has 2 rings (SSSR count). The van der Waals surface area contributed by atoms with Crippen LogP contribution in [0.15, 0.2) is 55.1 Å². The minimum Gasteiger partial charge on any atom is -0.237 e. The van der Waals surface area contributed by atoms with E-state index in [1.54, 1.807) is 0 Å². The van der Waals surface area contributed by atoms with Crippen molar-refractivity contribution < 1.29 is 4.57 Å². The van der Waals surface area contributed by atoms with Gasteiger partial charge in [0.2, 0.25) is 6.33 Å². The Morgan fingerprint density at radius 2 is 1.83 bits per heavy atom. The summed E-state index contributed by atoms with van der Waals surface area (Å²) in [5, 5.41) is 0.796. The highest BCUT2D eigenvalue weighted by atomic mass is 35.5. The average Bonchev–Trinajstić information content (AvgIpc) is 3.01. The minimum absolute atomic E-state index is 0.796. The monoisotopic (exact) mass is 331 g/mol. The minimum atomic E-state index is 0.796. The summed E-state index contributed by atoms with van der Waals surface area (Å²) in [6, 6.07) is 8.05. The highest BCUT2D eigenvalue weighted by Gasteiger charge is 2.01. The third kappa shape index (κ3) is 7.04. The second kappa shape index (κ2) is 10.3. The van der Waals surface area contributed by atoms with Crippen LogP contribution in [0.2, 0.25) is 5.02 Å². The van der Waals surface area contributed by atoms with Gasteiger partial charge in [0, 0.05) is 5.02 Å². The van der Waals surface area contributed by atoms with Crippen molar-refractivity contribution >= 4 is 11.6 Å². The van der Waals surface area contributed by atoms with E-state index in [0.29, 0.717) is 0 Å². The van der Waals surface area contributed by atoms with Gasteiger partial charge in [-0.2, -0.15) is 0 Å². The Morgan fingerprint density at radius 1 is 1.04 bits per heavy atom. The first-order chi connectivity index (χ1) is 11.3. The average molecular weight is 332 g/mol. The Hall–Kier alpha value is -1.54. The highest BCUT2D eigenvalue weighted by Crippen LogP contribution is 2.10. The molecule has 0 N–H and O–H groups in total. The molecule has 2 aromatic rings. The van der Waals surface area contributed by atoms with E-state index in [9.17, 15) is 0 Å². The van der Waals surface area contributed by atoms with Gasteiger partial charge in [-0.15, -0.1) is 0 Å². The van der Waals surface area contributed by atoms with Gasteiger partial charge in [-0.05, 0) is 43.0 Å². The quantitative estimate of drug-likeness (QED) is 0.321. The molecule has 0 aliphatic carbocycles. The normalized spacial score (nSPS) is 11.4. The molecule has 2 nitrogen and oxygen atoms in total. The number of unbranched alkanes of at least 4 members (excludes halogenated alkanes) is 4. The number of aryl methyl sites for hydroxylation is 1. The Morgan fingerprint density at radius 3 is 2.61 bits per heavy atom. The smallest absolute Gasteiger partial charge is 0.237 e. The molecular weight excluding hydrogens is 304 g/mol. The van der Waals surface area contributed by atoms with Crippen LogP contribution in [0.25, 0.3) is 0 Å². The molecule has 3 heteroatoms. The van der Waals surface area contributed by atoms with E-state index in [4.69, 9.17) is 11.6 Å². The number of hydrogen-bond donors (Lipinski definition) is 0. The standard InChI is InChI=1S/C20H28ClN2/c1-2-3-4-5-7-14-22-16-17-23(18-22)15-8-6-9-19-10-12-20(21)13-11-19/h6,8,10-13,16-18H,2-5,7,9,14-15H2,1H3/q+1. The van der Waals surface area contributed by atoms with Crippen LogP contribution in [0.3, 0.4) is 0 Å². The summed E-state index contributed by atoms with van der Waals surface area (Å²) < 4.78 is 4.52. The zero-order valence-electron chi connectivity index (χ0n) is 14.1. The predicted octanol–water partition coefficient (Wildman–Crippen LogP) is 5.20. The zero-order valence-corrected chi connectivity index (χ0v) is 14.9. The first kappa shape index (κ1) is 17.8. The molecule has 0 spiro atoms. The molecule has 0 bridgehead atoms. The van der Waals surface area contributed by atoms with Crippen LogP contribution in [0, 0.1) is 0 Å². The molecule has 0 amide bonds. The maximum Gasteiger partial charge on any atom is 0.244 e. The number of hydrogen-bond acceptors (Lipinski definition) is 0. The number of imidazole rings is 1. The van der Waals surface area contributed by atoms with E-state index in [1.165, 1.54) is 37.7 Å². The maximum absolute atomic E-state index is 5.89. The van der Waals surface area contributed by atoms with Crippen LogP contribution >= 0.6 is 11.6 Å². The predicted molar refractivity (Wildman–Crippen MR) is 97.7 cm³/mol. The number of rotatable bonds is 10. The van der Waals surface area contributed by atoms with E-state index in [1.807, 2.05) is 12.1 Å². The summed E-state index contributed by atoms with van der Waals surface area (Å²) in [6.07, 6.45) is 18.6. The molecule has 1 heterocycles. The van der Waals surface area contributed by atoms with Crippen molar-refractivity contribution in [1.82, 2.24) is 4.57 Å². The largest absolute Gasteiger partial charge is 0.244 e. The number of halogens is 1. The number of benzene rings is 1. The van der Waals surface area contributed by atoms with E-state index in [2.05, 4.69) is 59.1 Å². The summed E-state index contributed by atoms with van der Waals surface area (Å²) in [7, 11) is 0. The topological polar surface area (TPSA) is 8.81 Å². The molecule has 23 heavy (non-hydrogen) atoms. The SMILES string of the molecule is CCCCCCC[n+]1ccn(CC=CCc2ccc(Cl)cc2)c1. The molecule has 0 radical (unpaired) electrons. The van der Waals surface area contributed by atoms with Crippen LogP contribution in [0.5, 0.6) is 0 Å². The lowest BCUT2D eigenvalue weighted by atomic mass is 10.1. The van der Waals surface area contributed by atoms with Crippen LogP contribution < -0.4 is 4.57 Å². The highest BCUT2D eigenvalue weighted by molar-refractivity contribution is 6.30. The van der Waals surface area contributed by atoms with Crippen LogP contribution in [-0.2, 0) is 19.5 Å².